The highest BCUT2D eigenvalue weighted by Gasteiger charge is 2.31. The maximum Gasteiger partial charge on any atom is 0.410 e. The number of hydrogen-bond acceptors (Lipinski definition) is 4. The number of rotatable bonds is 2. The zero-order valence-corrected chi connectivity index (χ0v) is 17.4. The Morgan fingerprint density at radius 1 is 1.00 bits per heavy atom. The molecule has 26 heavy (non-hydrogen) atoms. The van der Waals surface area contributed by atoms with Gasteiger partial charge in [-0.2, -0.15) is 4.31 Å². The van der Waals surface area contributed by atoms with Crippen LogP contribution in [0.2, 0.25) is 0 Å². The summed E-state index contributed by atoms with van der Waals surface area (Å²) in [5.41, 5.74) is 2.00. The summed E-state index contributed by atoms with van der Waals surface area (Å²) in [6.45, 7) is 12.6. The average Bonchev–Trinajstić information content (AvgIpc) is 2.70. The lowest BCUT2D eigenvalue weighted by atomic mass is 10.1. The largest absolute Gasteiger partial charge is 0.444 e. The fraction of sp³-hybridized carbons (Fsp3) is 0.632. The Hall–Kier alpha value is -1.60. The van der Waals surface area contributed by atoms with Crippen molar-refractivity contribution in [2.75, 3.05) is 26.2 Å². The maximum absolute atomic E-state index is 13.2. The smallest absolute Gasteiger partial charge is 0.410 e. The van der Waals surface area contributed by atoms with Gasteiger partial charge in [0.05, 0.1) is 4.90 Å². The summed E-state index contributed by atoms with van der Waals surface area (Å²) < 4.78 is 33.3. The molecule has 0 unspecified atom stereocenters. The summed E-state index contributed by atoms with van der Waals surface area (Å²) in [6, 6.07) is 3.79. The normalized spacial score (nSPS) is 17.1. The summed E-state index contributed by atoms with van der Waals surface area (Å²) in [6.07, 6.45) is 0.196. The van der Waals surface area contributed by atoms with Gasteiger partial charge >= 0.3 is 6.09 Å². The van der Waals surface area contributed by atoms with Gasteiger partial charge in [-0.05, 0) is 59.1 Å². The zero-order chi connectivity index (χ0) is 19.7. The average molecular weight is 383 g/mol. The summed E-state index contributed by atoms with van der Waals surface area (Å²) in [7, 11) is -3.59. The minimum absolute atomic E-state index is 0.272. The molecule has 0 aromatic heterocycles. The molecule has 7 heteroatoms. The third-order valence-corrected chi connectivity index (χ3v) is 6.51. The van der Waals surface area contributed by atoms with E-state index >= 15 is 0 Å². The van der Waals surface area contributed by atoms with Crippen LogP contribution in [0, 0.1) is 20.8 Å². The van der Waals surface area contributed by atoms with Crippen LogP contribution in [0.3, 0.4) is 0 Å². The summed E-state index contributed by atoms with van der Waals surface area (Å²) >= 11 is 0. The Morgan fingerprint density at radius 3 is 2.12 bits per heavy atom. The molecule has 1 saturated heterocycles. The molecule has 1 fully saturated rings. The first-order valence-electron chi connectivity index (χ1n) is 8.98. The first-order valence-corrected chi connectivity index (χ1v) is 10.4. The minimum Gasteiger partial charge on any atom is -0.444 e. The van der Waals surface area contributed by atoms with Gasteiger partial charge in [-0.1, -0.05) is 17.7 Å². The van der Waals surface area contributed by atoms with Crippen LogP contribution in [0.15, 0.2) is 17.0 Å². The predicted molar refractivity (Wildman–Crippen MR) is 102 cm³/mol. The summed E-state index contributed by atoms with van der Waals surface area (Å²) in [5, 5.41) is 0. The molecule has 0 atom stereocenters. The number of carbonyl (C=O) groups excluding carboxylic acids is 1. The maximum atomic E-state index is 13.2. The van der Waals surface area contributed by atoms with Gasteiger partial charge in [0.1, 0.15) is 5.60 Å². The molecule has 146 valence electrons. The molecule has 1 amide bonds. The Morgan fingerprint density at radius 2 is 1.58 bits per heavy atom. The van der Waals surface area contributed by atoms with Crippen LogP contribution in [0.5, 0.6) is 0 Å². The van der Waals surface area contributed by atoms with Crippen molar-refractivity contribution in [3.63, 3.8) is 0 Å². The lowest BCUT2D eigenvalue weighted by Crippen LogP contribution is -2.40. The van der Waals surface area contributed by atoms with Crippen molar-refractivity contribution in [1.29, 1.82) is 0 Å². The van der Waals surface area contributed by atoms with E-state index < -0.39 is 15.6 Å². The van der Waals surface area contributed by atoms with Crippen LogP contribution in [0.1, 0.15) is 43.9 Å². The summed E-state index contributed by atoms with van der Waals surface area (Å²) in [4.78, 5) is 14.3. The number of amides is 1. The molecule has 0 saturated carbocycles. The fourth-order valence-corrected chi connectivity index (χ4v) is 5.23. The number of benzene rings is 1. The molecule has 6 nitrogen and oxygen atoms in total. The van der Waals surface area contributed by atoms with Gasteiger partial charge in [0.2, 0.25) is 10.0 Å². The van der Waals surface area contributed by atoms with E-state index in [1.165, 1.54) is 4.31 Å². The highest BCUT2D eigenvalue weighted by molar-refractivity contribution is 7.89. The van der Waals surface area contributed by atoms with E-state index in [0.717, 1.165) is 16.7 Å². The molecule has 2 rings (SSSR count). The number of ether oxygens (including phenoxy) is 1. The van der Waals surface area contributed by atoms with Crippen molar-refractivity contribution in [2.45, 2.75) is 58.5 Å². The number of sulfonamides is 1. The van der Waals surface area contributed by atoms with Crippen molar-refractivity contribution in [3.05, 3.63) is 28.8 Å². The molecule has 1 aromatic rings. The minimum atomic E-state index is -3.59. The second-order valence-electron chi connectivity index (χ2n) is 7.95. The van der Waals surface area contributed by atoms with Crippen LogP contribution in [-0.2, 0) is 14.8 Å². The van der Waals surface area contributed by atoms with Crippen molar-refractivity contribution in [2.24, 2.45) is 0 Å². The number of nitrogens with zero attached hydrogens (tertiary/aromatic N) is 2. The molecule has 1 aliphatic rings. The first kappa shape index (κ1) is 20.7. The lowest BCUT2D eigenvalue weighted by molar-refractivity contribution is 0.0260. The zero-order valence-electron chi connectivity index (χ0n) is 16.6. The number of aryl methyl sites for hydroxylation is 3. The Balaban J connectivity index is 2.19. The SMILES string of the molecule is Cc1cc(C)c(S(=O)(=O)N2CCCN(C(=O)OC(C)(C)C)CC2)c(C)c1. The molecule has 0 N–H and O–H groups in total. The summed E-state index contributed by atoms with van der Waals surface area (Å²) in [5.74, 6) is 0. The van der Waals surface area contributed by atoms with E-state index in [4.69, 9.17) is 4.74 Å². The van der Waals surface area contributed by atoms with Crippen molar-refractivity contribution in [3.8, 4) is 0 Å². The van der Waals surface area contributed by atoms with Crippen molar-refractivity contribution in [1.82, 2.24) is 9.21 Å². The second kappa shape index (κ2) is 7.56. The molecular formula is C19H30N2O4S. The standard InChI is InChI=1S/C19H30N2O4S/c1-14-12-15(2)17(16(3)13-14)26(23,24)21-9-7-8-20(10-11-21)18(22)25-19(4,5)6/h12-13H,7-11H2,1-6H3. The van der Waals surface area contributed by atoms with Gasteiger partial charge in [-0.25, -0.2) is 13.2 Å². The molecule has 0 aliphatic carbocycles. The fourth-order valence-electron chi connectivity index (χ4n) is 3.35. The molecular weight excluding hydrogens is 352 g/mol. The Bertz CT molecular complexity index is 758. The highest BCUT2D eigenvalue weighted by atomic mass is 32.2. The molecule has 0 spiro atoms. The molecule has 1 aromatic carbocycles. The van der Waals surface area contributed by atoms with Crippen molar-refractivity contribution >= 4 is 16.1 Å². The van der Waals surface area contributed by atoms with E-state index in [1.807, 2.05) is 53.7 Å². The molecule has 0 bridgehead atoms. The van der Waals surface area contributed by atoms with Crippen molar-refractivity contribution < 1.29 is 17.9 Å². The highest BCUT2D eigenvalue weighted by Crippen LogP contribution is 2.26. The van der Waals surface area contributed by atoms with Crippen LogP contribution in [0.25, 0.3) is 0 Å². The van der Waals surface area contributed by atoms with Gasteiger partial charge in [0.15, 0.2) is 0 Å². The van der Waals surface area contributed by atoms with Gasteiger partial charge in [-0.15, -0.1) is 0 Å². The third-order valence-electron chi connectivity index (χ3n) is 4.31. The van der Waals surface area contributed by atoms with Gasteiger partial charge in [0, 0.05) is 26.2 Å². The Labute approximate surface area is 157 Å². The Kier molecular flexibility index (Phi) is 6.02. The van der Waals surface area contributed by atoms with Crippen LogP contribution >= 0.6 is 0 Å². The van der Waals surface area contributed by atoms with E-state index in [0.29, 0.717) is 31.0 Å². The first-order chi connectivity index (χ1) is 11.9. The van der Waals surface area contributed by atoms with E-state index in [2.05, 4.69) is 0 Å². The molecule has 1 aliphatic heterocycles. The van der Waals surface area contributed by atoms with Crippen LogP contribution in [-0.4, -0.2) is 55.5 Å². The second-order valence-corrected chi connectivity index (χ2v) is 9.83. The topological polar surface area (TPSA) is 66.9 Å². The van der Waals surface area contributed by atoms with Gasteiger partial charge in [-0.3, -0.25) is 0 Å². The van der Waals surface area contributed by atoms with Crippen LogP contribution in [0.4, 0.5) is 4.79 Å². The monoisotopic (exact) mass is 382 g/mol. The number of carbonyl (C=O) groups is 1. The molecule has 1 heterocycles. The molecule has 0 radical (unpaired) electrons. The predicted octanol–water partition coefficient (Wildman–Crippen LogP) is 3.24. The van der Waals surface area contributed by atoms with Crippen LogP contribution < -0.4 is 0 Å². The lowest BCUT2D eigenvalue weighted by Gasteiger charge is -2.26. The quantitative estimate of drug-likeness (QED) is 0.787. The van der Waals surface area contributed by atoms with Gasteiger partial charge < -0.3 is 9.64 Å². The van der Waals surface area contributed by atoms with E-state index in [-0.39, 0.29) is 12.6 Å². The number of hydrogen-bond donors (Lipinski definition) is 0. The van der Waals surface area contributed by atoms with E-state index in [1.54, 1.807) is 4.90 Å². The van der Waals surface area contributed by atoms with Gasteiger partial charge in [0.25, 0.3) is 0 Å². The third kappa shape index (κ3) is 4.76. The van der Waals surface area contributed by atoms with E-state index in [9.17, 15) is 13.2 Å².